The van der Waals surface area contributed by atoms with Crippen molar-refractivity contribution >= 4 is 23.4 Å². The van der Waals surface area contributed by atoms with Gasteiger partial charge in [0.25, 0.3) is 0 Å². The third kappa shape index (κ3) is 6.06. The maximum atomic E-state index is 12.2. The molecule has 0 aliphatic carbocycles. The van der Waals surface area contributed by atoms with Crippen LogP contribution in [0.25, 0.3) is 0 Å². The molecular formula is C17H25ClN2O2. The van der Waals surface area contributed by atoms with Crippen molar-refractivity contribution in [2.24, 2.45) is 5.92 Å². The maximum Gasteiger partial charge on any atom is 0.242 e. The van der Waals surface area contributed by atoms with E-state index in [0.29, 0.717) is 24.0 Å². The van der Waals surface area contributed by atoms with E-state index in [1.54, 1.807) is 24.0 Å². The number of nitrogens with zero attached hydrogens (tertiary/aromatic N) is 1. The zero-order valence-corrected chi connectivity index (χ0v) is 14.5. The van der Waals surface area contributed by atoms with E-state index < -0.39 is 6.04 Å². The van der Waals surface area contributed by atoms with Gasteiger partial charge in [-0.2, -0.15) is 0 Å². The second kappa shape index (κ2) is 8.79. The normalized spacial score (nSPS) is 12.1. The smallest absolute Gasteiger partial charge is 0.242 e. The molecule has 0 saturated carbocycles. The zero-order valence-electron chi connectivity index (χ0n) is 13.7. The molecule has 4 nitrogen and oxygen atoms in total. The predicted octanol–water partition coefficient (Wildman–Crippen LogP) is 3.24. The van der Waals surface area contributed by atoms with E-state index in [0.717, 1.165) is 12.0 Å². The molecule has 2 amide bonds. The average Bonchev–Trinajstić information content (AvgIpc) is 2.45. The molecular weight excluding hydrogens is 300 g/mol. The van der Waals surface area contributed by atoms with Gasteiger partial charge < -0.3 is 10.2 Å². The van der Waals surface area contributed by atoms with Crippen LogP contribution in [-0.4, -0.2) is 29.3 Å². The number of hydrogen-bond acceptors (Lipinski definition) is 2. The van der Waals surface area contributed by atoms with E-state index in [1.165, 1.54) is 6.92 Å². The first-order chi connectivity index (χ1) is 10.3. The van der Waals surface area contributed by atoms with Gasteiger partial charge in [-0.1, -0.05) is 37.6 Å². The van der Waals surface area contributed by atoms with Crippen LogP contribution < -0.4 is 5.32 Å². The fraction of sp³-hybridized carbons (Fsp3) is 0.529. The third-order valence-corrected chi connectivity index (χ3v) is 3.79. The summed E-state index contributed by atoms with van der Waals surface area (Å²) >= 11 is 5.86. The molecule has 0 bridgehead atoms. The molecule has 122 valence electrons. The molecule has 0 radical (unpaired) electrons. The molecule has 1 aromatic carbocycles. The molecule has 5 heteroatoms. The van der Waals surface area contributed by atoms with E-state index in [9.17, 15) is 9.59 Å². The lowest BCUT2D eigenvalue weighted by Crippen LogP contribution is -2.47. The van der Waals surface area contributed by atoms with Crippen LogP contribution in [0.3, 0.4) is 0 Å². The lowest BCUT2D eigenvalue weighted by atomic mass is 10.1. The molecule has 0 spiro atoms. The number of halogens is 1. The molecule has 1 aromatic rings. The first-order valence-corrected chi connectivity index (χ1v) is 7.98. The average molecular weight is 325 g/mol. The van der Waals surface area contributed by atoms with Crippen LogP contribution in [-0.2, 0) is 16.1 Å². The molecule has 0 heterocycles. The SMILES string of the molecule is CC(=O)N(Cc1ccc(Cl)cc1)[C@H](C)C(=O)NCCC(C)C. The number of nitrogens with one attached hydrogen (secondary N) is 1. The zero-order chi connectivity index (χ0) is 16.7. The highest BCUT2D eigenvalue weighted by Crippen LogP contribution is 2.13. The van der Waals surface area contributed by atoms with E-state index in [1.807, 2.05) is 12.1 Å². The minimum atomic E-state index is -0.500. The topological polar surface area (TPSA) is 49.4 Å². The summed E-state index contributed by atoms with van der Waals surface area (Å²) in [5.41, 5.74) is 0.946. The number of carbonyl (C=O) groups is 2. The summed E-state index contributed by atoms with van der Waals surface area (Å²) in [5.74, 6) is 0.292. The van der Waals surface area contributed by atoms with Crippen molar-refractivity contribution in [1.82, 2.24) is 10.2 Å². The van der Waals surface area contributed by atoms with Gasteiger partial charge in [-0.05, 0) is 37.0 Å². The summed E-state index contributed by atoms with van der Waals surface area (Å²) in [6, 6.07) is 6.79. The molecule has 0 fully saturated rings. The summed E-state index contributed by atoms with van der Waals surface area (Å²) in [4.78, 5) is 25.6. The van der Waals surface area contributed by atoms with Crippen molar-refractivity contribution in [3.05, 3.63) is 34.9 Å². The van der Waals surface area contributed by atoms with Crippen LogP contribution in [0.15, 0.2) is 24.3 Å². The predicted molar refractivity (Wildman–Crippen MR) is 89.6 cm³/mol. The Hall–Kier alpha value is -1.55. The summed E-state index contributed by atoms with van der Waals surface area (Å²) in [7, 11) is 0. The highest BCUT2D eigenvalue weighted by molar-refractivity contribution is 6.30. The Morgan fingerprint density at radius 2 is 1.77 bits per heavy atom. The number of carbonyl (C=O) groups excluding carboxylic acids is 2. The van der Waals surface area contributed by atoms with Gasteiger partial charge in [0.05, 0.1) is 0 Å². The Balaban J connectivity index is 2.67. The first kappa shape index (κ1) is 18.5. The van der Waals surface area contributed by atoms with Gasteiger partial charge in [-0.25, -0.2) is 0 Å². The highest BCUT2D eigenvalue weighted by atomic mass is 35.5. The van der Waals surface area contributed by atoms with Crippen LogP contribution in [0.5, 0.6) is 0 Å². The maximum absolute atomic E-state index is 12.2. The Kier molecular flexibility index (Phi) is 7.39. The molecule has 0 aromatic heterocycles. The summed E-state index contributed by atoms with van der Waals surface area (Å²) < 4.78 is 0. The van der Waals surface area contributed by atoms with Crippen molar-refractivity contribution in [3.8, 4) is 0 Å². The Morgan fingerprint density at radius 1 is 1.18 bits per heavy atom. The largest absolute Gasteiger partial charge is 0.354 e. The van der Waals surface area contributed by atoms with Crippen molar-refractivity contribution in [2.45, 2.75) is 46.7 Å². The van der Waals surface area contributed by atoms with Crippen LogP contribution in [0, 0.1) is 5.92 Å². The molecule has 0 saturated heterocycles. The first-order valence-electron chi connectivity index (χ1n) is 7.60. The lowest BCUT2D eigenvalue weighted by molar-refractivity contribution is -0.139. The number of amides is 2. The highest BCUT2D eigenvalue weighted by Gasteiger charge is 2.23. The molecule has 22 heavy (non-hydrogen) atoms. The monoisotopic (exact) mass is 324 g/mol. The van der Waals surface area contributed by atoms with Gasteiger partial charge >= 0.3 is 0 Å². The summed E-state index contributed by atoms with van der Waals surface area (Å²) in [6.45, 7) is 8.48. The second-order valence-electron chi connectivity index (χ2n) is 5.92. The van der Waals surface area contributed by atoms with Gasteiger partial charge in [0.1, 0.15) is 6.04 Å². The summed E-state index contributed by atoms with van der Waals surface area (Å²) in [6.07, 6.45) is 0.926. The molecule has 1 N–H and O–H groups in total. The van der Waals surface area contributed by atoms with E-state index >= 15 is 0 Å². The Bertz CT molecular complexity index is 500. The molecule has 0 aliphatic rings. The molecule has 0 unspecified atom stereocenters. The van der Waals surface area contributed by atoms with Crippen molar-refractivity contribution in [3.63, 3.8) is 0 Å². The fourth-order valence-corrected chi connectivity index (χ4v) is 2.21. The van der Waals surface area contributed by atoms with Crippen molar-refractivity contribution < 1.29 is 9.59 Å². The van der Waals surface area contributed by atoms with Gasteiger partial charge in [0.2, 0.25) is 11.8 Å². The number of hydrogen-bond donors (Lipinski definition) is 1. The fourth-order valence-electron chi connectivity index (χ4n) is 2.08. The van der Waals surface area contributed by atoms with E-state index in [-0.39, 0.29) is 11.8 Å². The van der Waals surface area contributed by atoms with Gasteiger partial charge in [-0.15, -0.1) is 0 Å². The van der Waals surface area contributed by atoms with E-state index in [4.69, 9.17) is 11.6 Å². The number of benzene rings is 1. The van der Waals surface area contributed by atoms with Crippen LogP contribution in [0.4, 0.5) is 0 Å². The Labute approximate surface area is 137 Å². The quantitative estimate of drug-likeness (QED) is 0.837. The van der Waals surface area contributed by atoms with Gasteiger partial charge in [0, 0.05) is 25.0 Å². The van der Waals surface area contributed by atoms with Crippen molar-refractivity contribution in [1.29, 1.82) is 0 Å². The van der Waals surface area contributed by atoms with Crippen LogP contribution >= 0.6 is 11.6 Å². The standard InChI is InChI=1S/C17H25ClN2O2/c1-12(2)9-10-19-17(22)13(3)20(14(4)21)11-15-5-7-16(18)8-6-15/h5-8,12-13H,9-11H2,1-4H3,(H,19,22)/t13-/m1/s1. The number of rotatable bonds is 7. The second-order valence-corrected chi connectivity index (χ2v) is 6.36. The lowest BCUT2D eigenvalue weighted by Gasteiger charge is -2.27. The molecule has 1 rings (SSSR count). The molecule has 0 aliphatic heterocycles. The minimum Gasteiger partial charge on any atom is -0.354 e. The Morgan fingerprint density at radius 3 is 2.27 bits per heavy atom. The van der Waals surface area contributed by atoms with Gasteiger partial charge in [-0.3, -0.25) is 9.59 Å². The third-order valence-electron chi connectivity index (χ3n) is 3.54. The summed E-state index contributed by atoms with van der Waals surface area (Å²) in [5, 5.41) is 3.54. The van der Waals surface area contributed by atoms with Crippen molar-refractivity contribution in [2.75, 3.05) is 6.54 Å². The van der Waals surface area contributed by atoms with Crippen LogP contribution in [0.2, 0.25) is 5.02 Å². The van der Waals surface area contributed by atoms with Gasteiger partial charge in [0.15, 0.2) is 0 Å². The minimum absolute atomic E-state index is 0.121. The molecule has 1 atom stereocenters. The van der Waals surface area contributed by atoms with E-state index in [2.05, 4.69) is 19.2 Å². The van der Waals surface area contributed by atoms with Crippen LogP contribution in [0.1, 0.15) is 39.7 Å².